The summed E-state index contributed by atoms with van der Waals surface area (Å²) >= 11 is 0. The van der Waals surface area contributed by atoms with Crippen molar-refractivity contribution in [3.05, 3.63) is 0 Å². The first-order valence-electron chi connectivity index (χ1n) is 0. The third kappa shape index (κ3) is 9.01. The van der Waals surface area contributed by atoms with E-state index in [9.17, 15) is 0 Å². The van der Waals surface area contributed by atoms with E-state index < -0.39 is 0 Å². The van der Waals surface area contributed by atoms with Gasteiger partial charge < -0.3 is 0 Å². The molecular formula is AsTl3. The van der Waals surface area contributed by atoms with E-state index >= 15 is 0 Å². The minimum atomic E-state index is 0. The average Bonchev–Trinajstić information content (AvgIpc) is 0. The Bertz CT molecular complexity index is 3.25. The van der Waals surface area contributed by atoms with Crippen LogP contribution in [0.4, 0.5) is 0 Å². The van der Waals surface area contributed by atoms with Gasteiger partial charge in [0.25, 0.3) is 0 Å². The molecule has 0 nitrogen and oxygen atoms in total. The standard InChI is InChI=1S/As.3Tl. The van der Waals surface area contributed by atoms with Crippen LogP contribution < -0.4 is 0 Å². The van der Waals surface area contributed by atoms with Crippen LogP contribution in [0.1, 0.15) is 0 Å². The molecule has 0 heterocycles. The van der Waals surface area contributed by atoms with Crippen molar-refractivity contribution in [3.63, 3.8) is 0 Å². The van der Waals surface area contributed by atoms with Crippen LogP contribution >= 0.6 is 0 Å². The Morgan fingerprint density at radius 3 is 0.500 bits per heavy atom. The van der Waals surface area contributed by atoms with Crippen LogP contribution in [0.3, 0.4) is 0 Å². The second-order valence-corrected chi connectivity index (χ2v) is 0. The molecule has 0 spiro atoms. The zero-order valence-electron chi connectivity index (χ0n) is 2.18. The summed E-state index contributed by atoms with van der Waals surface area (Å²) in [4.78, 5) is 0. The molecule has 0 amide bonds. The van der Waals surface area contributed by atoms with E-state index in [-0.39, 0.29) is 99.8 Å². The summed E-state index contributed by atoms with van der Waals surface area (Å²) in [5.41, 5.74) is 0. The van der Waals surface area contributed by atoms with Gasteiger partial charge in [-0.25, -0.2) is 0 Å². The van der Waals surface area contributed by atoms with E-state index in [1.807, 2.05) is 0 Å². The molecule has 0 N–H and O–H groups in total. The molecule has 4 heavy (non-hydrogen) atoms. The summed E-state index contributed by atoms with van der Waals surface area (Å²) in [5, 5.41) is 0. The summed E-state index contributed by atoms with van der Waals surface area (Å²) < 4.78 is 0. The van der Waals surface area contributed by atoms with Gasteiger partial charge in [0.1, 0.15) is 0 Å². The van der Waals surface area contributed by atoms with Crippen molar-refractivity contribution in [1.82, 2.24) is 0 Å². The maximum atomic E-state index is 0. The van der Waals surface area contributed by atoms with Gasteiger partial charge in [-0.1, -0.05) is 0 Å². The first-order chi connectivity index (χ1) is 0. The molecule has 0 aliphatic carbocycles. The summed E-state index contributed by atoms with van der Waals surface area (Å²) in [6.07, 6.45) is 0. The molecular weight excluding hydrogens is 688 g/mol. The number of rotatable bonds is 0. The number of hydrogen-bond acceptors (Lipinski definition) is 0. The van der Waals surface area contributed by atoms with Crippen LogP contribution in [0.15, 0.2) is 0 Å². The molecule has 0 fully saturated rings. The molecule has 0 rings (SSSR count). The first-order valence-corrected chi connectivity index (χ1v) is 0. The minimum Gasteiger partial charge on any atom is 0 e. The molecule has 0 aromatic heterocycles. The Balaban J connectivity index is 0. The van der Waals surface area contributed by atoms with Gasteiger partial charge in [0.2, 0.25) is 0 Å². The monoisotopic (exact) mass is 690 g/mol. The van der Waals surface area contributed by atoms with Crippen LogP contribution in [0.25, 0.3) is 0 Å². The molecule has 0 bridgehead atoms. The fraction of sp³-hybridized carbons (Fsp3) is 0. The maximum Gasteiger partial charge on any atom is 0 e. The summed E-state index contributed by atoms with van der Waals surface area (Å²) in [7, 11) is 0. The zero-order valence-corrected chi connectivity index (χ0v) is 17.5. The summed E-state index contributed by atoms with van der Waals surface area (Å²) in [6.45, 7) is 0. The smallest absolute Gasteiger partial charge is 0 e. The van der Waals surface area contributed by atoms with Gasteiger partial charge in [0.15, 0.2) is 0 Å². The largest absolute Gasteiger partial charge is 0 e. The Kier molecular flexibility index (Phi) is 108. The maximum absolute atomic E-state index is 0. The molecule has 14 valence electrons. The van der Waals surface area contributed by atoms with Gasteiger partial charge in [-0.2, -0.15) is 0 Å². The fourth-order valence-electron chi connectivity index (χ4n) is 0. The van der Waals surface area contributed by atoms with E-state index in [0.29, 0.717) is 0 Å². The first kappa shape index (κ1) is 26.5. The van der Waals surface area contributed by atoms with Crippen molar-refractivity contribution in [2.24, 2.45) is 0 Å². The van der Waals surface area contributed by atoms with Crippen molar-refractivity contribution in [2.45, 2.75) is 0 Å². The summed E-state index contributed by atoms with van der Waals surface area (Å²) in [5.74, 6) is 0. The molecule has 0 aliphatic rings. The van der Waals surface area contributed by atoms with E-state index in [0.717, 1.165) is 0 Å². The van der Waals surface area contributed by atoms with Crippen LogP contribution in [-0.2, 0) is 0 Å². The second-order valence-electron chi connectivity index (χ2n) is 0. The van der Waals surface area contributed by atoms with Gasteiger partial charge in [-0.3, -0.25) is 0 Å². The third-order valence-corrected chi connectivity index (χ3v) is 0. The average molecular weight is 688 g/mol. The number of hydrogen-bond donors (Lipinski definition) is 0. The van der Waals surface area contributed by atoms with Gasteiger partial charge in [0.05, 0.1) is 0 Å². The minimum absolute atomic E-state index is 0. The second kappa shape index (κ2) is 16.2. The van der Waals surface area contributed by atoms with Gasteiger partial charge in [-0.05, 0) is 0 Å². The SMILES string of the molecule is [As].[Tl].[Tl].[Tl]. The van der Waals surface area contributed by atoms with Gasteiger partial charge in [0, 0.05) is 99.8 Å². The van der Waals surface area contributed by atoms with Crippen molar-refractivity contribution >= 4 is 99.8 Å². The molecule has 0 aliphatic heterocycles. The normalized spacial score (nSPS) is 0. The predicted molar refractivity (Wildman–Crippen MR) is 23.0 cm³/mol. The fourth-order valence-corrected chi connectivity index (χ4v) is 0. The molecule has 0 aromatic rings. The van der Waals surface area contributed by atoms with Crippen LogP contribution in [-0.4, -0.2) is 99.8 Å². The Labute approximate surface area is 97.7 Å². The van der Waals surface area contributed by atoms with Crippen molar-refractivity contribution < 1.29 is 0 Å². The third-order valence-electron chi connectivity index (χ3n) is 0. The van der Waals surface area contributed by atoms with E-state index in [2.05, 4.69) is 0 Å². The van der Waals surface area contributed by atoms with Crippen LogP contribution in [0, 0.1) is 0 Å². The molecule has 0 saturated heterocycles. The van der Waals surface area contributed by atoms with Crippen LogP contribution in [0.5, 0.6) is 0 Å². The van der Waals surface area contributed by atoms with Crippen molar-refractivity contribution in [2.75, 3.05) is 0 Å². The van der Waals surface area contributed by atoms with Crippen molar-refractivity contribution in [1.29, 1.82) is 0 Å². The molecule has 0 unspecified atom stereocenters. The van der Waals surface area contributed by atoms with E-state index in [1.54, 1.807) is 0 Å². The predicted octanol–water partition coefficient (Wildman–Crippen LogP) is -1.52. The quantitative estimate of drug-likeness (QED) is 0.272. The van der Waals surface area contributed by atoms with Crippen LogP contribution in [0.2, 0.25) is 0 Å². The molecule has 0 atom stereocenters. The van der Waals surface area contributed by atoms with E-state index in [1.165, 1.54) is 0 Å². The molecule has 6 radical (unpaired) electrons. The van der Waals surface area contributed by atoms with E-state index in [4.69, 9.17) is 0 Å². The van der Waals surface area contributed by atoms with Gasteiger partial charge >= 0.3 is 0 Å². The van der Waals surface area contributed by atoms with Gasteiger partial charge in [-0.15, -0.1) is 0 Å². The Hall–Kier alpha value is 3.32. The molecule has 0 aromatic carbocycles. The molecule has 0 saturated carbocycles. The molecule has 4 heteroatoms. The Morgan fingerprint density at radius 1 is 0.500 bits per heavy atom. The zero-order chi connectivity index (χ0) is 0. The Morgan fingerprint density at radius 2 is 0.500 bits per heavy atom. The van der Waals surface area contributed by atoms with Crippen molar-refractivity contribution in [3.8, 4) is 0 Å². The summed E-state index contributed by atoms with van der Waals surface area (Å²) in [6, 6.07) is 0. The topological polar surface area (TPSA) is 0 Å².